The molecule has 0 atom stereocenters. The van der Waals surface area contributed by atoms with Crippen LogP contribution in [-0.2, 0) is 9.53 Å². The Morgan fingerprint density at radius 1 is 1.42 bits per heavy atom. The van der Waals surface area contributed by atoms with Crippen LogP contribution in [0, 0.1) is 0 Å². The first-order valence-corrected chi connectivity index (χ1v) is 6.79. The number of ether oxygens (including phenoxy) is 1. The van der Waals surface area contributed by atoms with Crippen molar-refractivity contribution in [1.29, 1.82) is 0 Å². The van der Waals surface area contributed by atoms with Crippen molar-refractivity contribution in [3.05, 3.63) is 18.3 Å². The lowest BCUT2D eigenvalue weighted by Gasteiger charge is -2.16. The standard InChI is InChI=1S/C14H21N3O2/c1-19-10-4-5-14(18)16-12-6-7-13(15-11-12)17-8-2-3-9-17/h6-7,11H,2-5,8-10H2,1H3,(H,16,18). The number of rotatable bonds is 6. The lowest BCUT2D eigenvalue weighted by Crippen LogP contribution is -2.19. The second kappa shape index (κ2) is 7.09. The minimum absolute atomic E-state index is 0.00720. The quantitative estimate of drug-likeness (QED) is 0.798. The van der Waals surface area contributed by atoms with E-state index in [-0.39, 0.29) is 5.91 Å². The molecule has 5 nitrogen and oxygen atoms in total. The molecule has 0 radical (unpaired) electrons. The van der Waals surface area contributed by atoms with Gasteiger partial charge in [-0.15, -0.1) is 0 Å². The smallest absolute Gasteiger partial charge is 0.224 e. The minimum Gasteiger partial charge on any atom is -0.385 e. The van der Waals surface area contributed by atoms with Crippen molar-refractivity contribution >= 4 is 17.4 Å². The van der Waals surface area contributed by atoms with E-state index in [0.29, 0.717) is 13.0 Å². The maximum Gasteiger partial charge on any atom is 0.224 e. The number of carbonyl (C=O) groups excluding carboxylic acids is 1. The van der Waals surface area contributed by atoms with Gasteiger partial charge in [0.05, 0.1) is 11.9 Å². The van der Waals surface area contributed by atoms with Crippen LogP contribution in [0.3, 0.4) is 0 Å². The van der Waals surface area contributed by atoms with Crippen LogP contribution in [-0.4, -0.2) is 37.7 Å². The number of methoxy groups -OCH3 is 1. The van der Waals surface area contributed by atoms with E-state index in [9.17, 15) is 4.79 Å². The Morgan fingerprint density at radius 3 is 2.84 bits per heavy atom. The van der Waals surface area contributed by atoms with E-state index in [1.54, 1.807) is 13.3 Å². The molecular weight excluding hydrogens is 242 g/mol. The van der Waals surface area contributed by atoms with Gasteiger partial charge in [-0.05, 0) is 31.4 Å². The van der Waals surface area contributed by atoms with E-state index >= 15 is 0 Å². The highest BCUT2D eigenvalue weighted by atomic mass is 16.5. The second-order valence-corrected chi connectivity index (χ2v) is 4.74. The highest BCUT2D eigenvalue weighted by Crippen LogP contribution is 2.19. The molecule has 19 heavy (non-hydrogen) atoms. The van der Waals surface area contributed by atoms with Crippen LogP contribution in [0.15, 0.2) is 18.3 Å². The van der Waals surface area contributed by atoms with Crippen LogP contribution in [0.1, 0.15) is 25.7 Å². The Balaban J connectivity index is 1.82. The van der Waals surface area contributed by atoms with E-state index in [2.05, 4.69) is 15.2 Å². The summed E-state index contributed by atoms with van der Waals surface area (Å²) in [7, 11) is 1.64. The van der Waals surface area contributed by atoms with E-state index in [1.807, 2.05) is 12.1 Å². The van der Waals surface area contributed by atoms with Gasteiger partial charge in [0, 0.05) is 33.2 Å². The molecular formula is C14H21N3O2. The van der Waals surface area contributed by atoms with Crippen molar-refractivity contribution in [2.75, 3.05) is 37.0 Å². The first-order valence-electron chi connectivity index (χ1n) is 6.79. The molecule has 1 aromatic rings. The van der Waals surface area contributed by atoms with Gasteiger partial charge in [-0.25, -0.2) is 4.98 Å². The third kappa shape index (κ3) is 4.21. The molecule has 104 valence electrons. The third-order valence-corrected chi connectivity index (χ3v) is 3.21. The summed E-state index contributed by atoms with van der Waals surface area (Å²) in [4.78, 5) is 18.3. The highest BCUT2D eigenvalue weighted by Gasteiger charge is 2.13. The van der Waals surface area contributed by atoms with Crippen molar-refractivity contribution in [2.24, 2.45) is 0 Å². The maximum absolute atomic E-state index is 11.6. The number of pyridine rings is 1. The zero-order chi connectivity index (χ0) is 13.5. The van der Waals surface area contributed by atoms with Crippen molar-refractivity contribution < 1.29 is 9.53 Å². The van der Waals surface area contributed by atoms with Gasteiger partial charge in [-0.1, -0.05) is 0 Å². The van der Waals surface area contributed by atoms with Gasteiger partial charge in [-0.3, -0.25) is 4.79 Å². The van der Waals surface area contributed by atoms with Crippen molar-refractivity contribution in [3.8, 4) is 0 Å². The summed E-state index contributed by atoms with van der Waals surface area (Å²) in [6, 6.07) is 3.88. The van der Waals surface area contributed by atoms with Gasteiger partial charge in [0.1, 0.15) is 5.82 Å². The fraction of sp³-hybridized carbons (Fsp3) is 0.571. The molecule has 5 heteroatoms. The van der Waals surface area contributed by atoms with Gasteiger partial charge in [0.2, 0.25) is 5.91 Å². The van der Waals surface area contributed by atoms with Crippen LogP contribution in [0.25, 0.3) is 0 Å². The Labute approximate surface area is 114 Å². The number of hydrogen-bond donors (Lipinski definition) is 1. The fourth-order valence-electron chi connectivity index (χ4n) is 2.19. The Hall–Kier alpha value is -1.62. The molecule has 0 spiro atoms. The summed E-state index contributed by atoms with van der Waals surface area (Å²) >= 11 is 0. The van der Waals surface area contributed by atoms with Crippen molar-refractivity contribution in [3.63, 3.8) is 0 Å². The summed E-state index contributed by atoms with van der Waals surface area (Å²) in [6.45, 7) is 2.77. The second-order valence-electron chi connectivity index (χ2n) is 4.74. The third-order valence-electron chi connectivity index (χ3n) is 3.21. The van der Waals surface area contributed by atoms with Gasteiger partial charge in [-0.2, -0.15) is 0 Å². The predicted molar refractivity (Wildman–Crippen MR) is 75.4 cm³/mol. The molecule has 2 rings (SSSR count). The molecule has 2 heterocycles. The lowest BCUT2D eigenvalue weighted by atomic mass is 10.3. The number of carbonyl (C=O) groups is 1. The summed E-state index contributed by atoms with van der Waals surface area (Å²) < 4.78 is 4.92. The number of anilines is 2. The summed E-state index contributed by atoms with van der Waals surface area (Å²) in [5, 5.41) is 2.84. The summed E-state index contributed by atoms with van der Waals surface area (Å²) in [5.74, 6) is 1.00. The highest BCUT2D eigenvalue weighted by molar-refractivity contribution is 5.90. The molecule has 1 saturated heterocycles. The molecule has 1 N–H and O–H groups in total. The van der Waals surface area contributed by atoms with E-state index in [4.69, 9.17) is 4.74 Å². The molecule has 0 aromatic carbocycles. The predicted octanol–water partition coefficient (Wildman–Crippen LogP) is 2.05. The van der Waals surface area contributed by atoms with Crippen molar-refractivity contribution in [1.82, 2.24) is 4.98 Å². The number of aromatic nitrogens is 1. The van der Waals surface area contributed by atoms with Gasteiger partial charge < -0.3 is 15.0 Å². The van der Waals surface area contributed by atoms with Crippen LogP contribution in [0.2, 0.25) is 0 Å². The molecule has 0 unspecified atom stereocenters. The van der Waals surface area contributed by atoms with E-state index in [0.717, 1.165) is 31.0 Å². The molecule has 1 fully saturated rings. The largest absolute Gasteiger partial charge is 0.385 e. The molecule has 0 bridgehead atoms. The minimum atomic E-state index is 0.00720. The first-order chi connectivity index (χ1) is 9.29. The van der Waals surface area contributed by atoms with Gasteiger partial charge >= 0.3 is 0 Å². The summed E-state index contributed by atoms with van der Waals surface area (Å²) in [5.41, 5.74) is 0.755. The van der Waals surface area contributed by atoms with E-state index < -0.39 is 0 Å². The van der Waals surface area contributed by atoms with Crippen molar-refractivity contribution in [2.45, 2.75) is 25.7 Å². The zero-order valence-corrected chi connectivity index (χ0v) is 11.4. The molecule has 1 aliphatic rings. The molecule has 0 aliphatic carbocycles. The topological polar surface area (TPSA) is 54.5 Å². The molecule has 1 aliphatic heterocycles. The first kappa shape index (κ1) is 13.8. The maximum atomic E-state index is 11.6. The van der Waals surface area contributed by atoms with Crippen LogP contribution >= 0.6 is 0 Å². The Kier molecular flexibility index (Phi) is 5.15. The normalized spacial score (nSPS) is 14.7. The fourth-order valence-corrected chi connectivity index (χ4v) is 2.19. The average molecular weight is 263 g/mol. The number of nitrogens with one attached hydrogen (secondary N) is 1. The van der Waals surface area contributed by atoms with E-state index in [1.165, 1.54) is 12.8 Å². The molecule has 0 saturated carbocycles. The monoisotopic (exact) mass is 263 g/mol. The Morgan fingerprint density at radius 2 is 2.21 bits per heavy atom. The Bertz CT molecular complexity index is 400. The van der Waals surface area contributed by atoms with Gasteiger partial charge in [0.15, 0.2) is 0 Å². The number of nitrogens with zero attached hydrogens (tertiary/aromatic N) is 2. The number of hydrogen-bond acceptors (Lipinski definition) is 4. The van der Waals surface area contributed by atoms with Crippen LogP contribution in [0.5, 0.6) is 0 Å². The molecule has 1 amide bonds. The lowest BCUT2D eigenvalue weighted by molar-refractivity contribution is -0.116. The summed E-state index contributed by atoms with van der Waals surface area (Å²) in [6.07, 6.45) is 5.41. The SMILES string of the molecule is COCCCC(=O)Nc1ccc(N2CCCC2)nc1. The van der Waals surface area contributed by atoms with Crippen LogP contribution in [0.4, 0.5) is 11.5 Å². The number of amides is 1. The zero-order valence-electron chi connectivity index (χ0n) is 11.4. The molecule has 1 aromatic heterocycles. The van der Waals surface area contributed by atoms with Gasteiger partial charge in [0.25, 0.3) is 0 Å². The van der Waals surface area contributed by atoms with Crippen LogP contribution < -0.4 is 10.2 Å². The average Bonchev–Trinajstić information content (AvgIpc) is 2.94.